The van der Waals surface area contributed by atoms with Crippen LogP contribution in [0.15, 0.2) is 67.0 Å². The van der Waals surface area contributed by atoms with Crippen molar-refractivity contribution in [3.05, 3.63) is 72.6 Å². The predicted molar refractivity (Wildman–Crippen MR) is 82.7 cm³/mol. The van der Waals surface area contributed by atoms with Gasteiger partial charge in [-0.15, -0.1) is 0 Å². The Morgan fingerprint density at radius 2 is 1.57 bits per heavy atom. The minimum Gasteiger partial charge on any atom is -0.471 e. The minimum absolute atomic E-state index is 0.460. The third kappa shape index (κ3) is 3.17. The third-order valence-electron chi connectivity index (χ3n) is 3.07. The van der Waals surface area contributed by atoms with E-state index in [0.29, 0.717) is 18.2 Å². The van der Waals surface area contributed by atoms with E-state index < -0.39 is 0 Å². The van der Waals surface area contributed by atoms with Crippen molar-refractivity contribution in [3.8, 4) is 17.1 Å². The predicted octanol–water partition coefficient (Wildman–Crippen LogP) is 3.30. The van der Waals surface area contributed by atoms with Crippen LogP contribution in [0.2, 0.25) is 0 Å². The van der Waals surface area contributed by atoms with Crippen LogP contribution in [0.25, 0.3) is 11.3 Å². The molecule has 0 saturated heterocycles. The van der Waals surface area contributed by atoms with Crippen LogP contribution in [-0.2, 0) is 6.61 Å². The number of nitrogens with two attached hydrogens (primary N) is 1. The lowest BCUT2D eigenvalue weighted by atomic mass is 10.1. The second-order valence-corrected chi connectivity index (χ2v) is 4.61. The first kappa shape index (κ1) is 13.1. The molecule has 4 heteroatoms. The second kappa shape index (κ2) is 6.05. The summed E-state index contributed by atoms with van der Waals surface area (Å²) in [4.78, 5) is 8.64. The largest absolute Gasteiger partial charge is 0.471 e. The zero-order chi connectivity index (χ0) is 14.5. The van der Waals surface area contributed by atoms with Gasteiger partial charge in [-0.05, 0) is 17.7 Å². The van der Waals surface area contributed by atoms with Gasteiger partial charge in [-0.25, -0.2) is 9.97 Å². The molecule has 104 valence electrons. The Bertz CT molecular complexity index is 712. The van der Waals surface area contributed by atoms with Crippen molar-refractivity contribution < 1.29 is 4.74 Å². The van der Waals surface area contributed by atoms with Crippen molar-refractivity contribution in [2.75, 3.05) is 5.73 Å². The van der Waals surface area contributed by atoms with Crippen LogP contribution in [0.4, 0.5) is 5.69 Å². The van der Waals surface area contributed by atoms with Gasteiger partial charge in [0.2, 0.25) is 5.88 Å². The highest BCUT2D eigenvalue weighted by molar-refractivity contribution is 5.65. The molecule has 1 heterocycles. The maximum absolute atomic E-state index is 5.80. The Labute approximate surface area is 123 Å². The van der Waals surface area contributed by atoms with E-state index in [1.54, 1.807) is 12.4 Å². The molecule has 0 aliphatic heterocycles. The molecule has 1 aromatic heterocycles. The molecular formula is C17H15N3O. The number of anilines is 1. The molecule has 0 saturated carbocycles. The molecule has 0 unspecified atom stereocenters. The molecule has 0 fully saturated rings. The van der Waals surface area contributed by atoms with Gasteiger partial charge < -0.3 is 10.5 Å². The van der Waals surface area contributed by atoms with Gasteiger partial charge in [-0.3, -0.25) is 0 Å². The summed E-state index contributed by atoms with van der Waals surface area (Å²) in [6.45, 7) is 0.460. The maximum atomic E-state index is 5.80. The molecule has 2 aromatic carbocycles. The summed E-state index contributed by atoms with van der Waals surface area (Å²) in [6, 6.07) is 17.5. The molecule has 3 aromatic rings. The quantitative estimate of drug-likeness (QED) is 0.743. The average Bonchev–Trinajstić information content (AvgIpc) is 2.55. The molecule has 0 amide bonds. The van der Waals surface area contributed by atoms with E-state index in [-0.39, 0.29) is 0 Å². The molecular weight excluding hydrogens is 262 g/mol. The lowest BCUT2D eigenvalue weighted by Gasteiger charge is -2.09. The number of benzene rings is 2. The molecule has 21 heavy (non-hydrogen) atoms. The first-order valence-electron chi connectivity index (χ1n) is 6.66. The van der Waals surface area contributed by atoms with E-state index >= 15 is 0 Å². The van der Waals surface area contributed by atoms with Gasteiger partial charge in [0.1, 0.15) is 12.3 Å². The Kier molecular flexibility index (Phi) is 3.78. The van der Waals surface area contributed by atoms with E-state index in [2.05, 4.69) is 9.97 Å². The van der Waals surface area contributed by atoms with Gasteiger partial charge in [-0.1, -0.05) is 42.5 Å². The molecule has 0 aliphatic carbocycles. The van der Waals surface area contributed by atoms with Crippen LogP contribution in [-0.4, -0.2) is 9.97 Å². The van der Waals surface area contributed by atoms with E-state index in [0.717, 1.165) is 16.8 Å². The van der Waals surface area contributed by atoms with Crippen molar-refractivity contribution in [3.63, 3.8) is 0 Å². The Hall–Kier alpha value is -2.88. The van der Waals surface area contributed by atoms with Gasteiger partial charge in [0.25, 0.3) is 0 Å². The molecule has 0 aliphatic rings. The van der Waals surface area contributed by atoms with Crippen molar-refractivity contribution in [2.24, 2.45) is 0 Å². The van der Waals surface area contributed by atoms with Crippen LogP contribution >= 0.6 is 0 Å². The highest BCUT2D eigenvalue weighted by atomic mass is 16.5. The molecule has 0 atom stereocenters. The normalized spacial score (nSPS) is 10.3. The van der Waals surface area contributed by atoms with Crippen molar-refractivity contribution >= 4 is 5.69 Å². The Balaban J connectivity index is 1.84. The highest BCUT2D eigenvalue weighted by Crippen LogP contribution is 2.26. The fourth-order valence-corrected chi connectivity index (χ4v) is 2.00. The lowest BCUT2D eigenvalue weighted by molar-refractivity contribution is 0.294. The van der Waals surface area contributed by atoms with E-state index in [1.165, 1.54) is 0 Å². The number of hydrogen-bond donors (Lipinski definition) is 1. The van der Waals surface area contributed by atoms with Crippen LogP contribution in [0, 0.1) is 0 Å². The number of hydrogen-bond acceptors (Lipinski definition) is 4. The van der Waals surface area contributed by atoms with Crippen molar-refractivity contribution in [2.45, 2.75) is 6.61 Å². The SMILES string of the molecule is Nc1ccc(-c2nccnc2OCc2ccccc2)cc1. The summed E-state index contributed by atoms with van der Waals surface area (Å²) in [5.74, 6) is 0.520. The zero-order valence-corrected chi connectivity index (χ0v) is 11.4. The van der Waals surface area contributed by atoms with Gasteiger partial charge in [-0.2, -0.15) is 0 Å². The van der Waals surface area contributed by atoms with Gasteiger partial charge in [0.15, 0.2) is 0 Å². The topological polar surface area (TPSA) is 61.0 Å². The third-order valence-corrected chi connectivity index (χ3v) is 3.07. The summed E-state index contributed by atoms with van der Waals surface area (Å²) in [5, 5.41) is 0. The smallest absolute Gasteiger partial charge is 0.240 e. The van der Waals surface area contributed by atoms with Gasteiger partial charge in [0.05, 0.1) is 0 Å². The standard InChI is InChI=1S/C17H15N3O/c18-15-8-6-14(7-9-15)16-17(20-11-10-19-16)21-12-13-4-2-1-3-5-13/h1-11H,12,18H2. The summed E-state index contributed by atoms with van der Waals surface area (Å²) in [5.41, 5.74) is 9.16. The maximum Gasteiger partial charge on any atom is 0.240 e. The second-order valence-electron chi connectivity index (χ2n) is 4.61. The average molecular weight is 277 g/mol. The fourth-order valence-electron chi connectivity index (χ4n) is 2.00. The number of nitrogen functional groups attached to an aromatic ring is 1. The first-order chi connectivity index (χ1) is 10.3. The minimum atomic E-state index is 0.460. The van der Waals surface area contributed by atoms with E-state index in [1.807, 2.05) is 54.6 Å². The lowest BCUT2D eigenvalue weighted by Crippen LogP contribution is -2.00. The monoisotopic (exact) mass is 277 g/mol. The summed E-state index contributed by atoms with van der Waals surface area (Å²) in [7, 11) is 0. The number of rotatable bonds is 4. The van der Waals surface area contributed by atoms with Crippen LogP contribution in [0.5, 0.6) is 5.88 Å². The van der Waals surface area contributed by atoms with Gasteiger partial charge in [0, 0.05) is 23.6 Å². The van der Waals surface area contributed by atoms with Crippen LogP contribution < -0.4 is 10.5 Å². The molecule has 4 nitrogen and oxygen atoms in total. The van der Waals surface area contributed by atoms with Crippen molar-refractivity contribution in [1.82, 2.24) is 9.97 Å². The molecule has 3 rings (SSSR count). The van der Waals surface area contributed by atoms with Crippen LogP contribution in [0.1, 0.15) is 5.56 Å². The van der Waals surface area contributed by atoms with Crippen LogP contribution in [0.3, 0.4) is 0 Å². The number of nitrogens with zero attached hydrogens (tertiary/aromatic N) is 2. The first-order valence-corrected chi connectivity index (χ1v) is 6.66. The number of aromatic nitrogens is 2. The summed E-state index contributed by atoms with van der Waals surface area (Å²) in [6.07, 6.45) is 3.28. The molecule has 0 bridgehead atoms. The van der Waals surface area contributed by atoms with Crippen molar-refractivity contribution in [1.29, 1.82) is 0 Å². The zero-order valence-electron chi connectivity index (χ0n) is 11.4. The summed E-state index contributed by atoms with van der Waals surface area (Å²) < 4.78 is 5.80. The van der Waals surface area contributed by atoms with E-state index in [4.69, 9.17) is 10.5 Å². The molecule has 0 radical (unpaired) electrons. The fraction of sp³-hybridized carbons (Fsp3) is 0.0588. The number of ether oxygens (including phenoxy) is 1. The molecule has 0 spiro atoms. The Morgan fingerprint density at radius 3 is 2.33 bits per heavy atom. The molecule has 2 N–H and O–H groups in total. The highest BCUT2D eigenvalue weighted by Gasteiger charge is 2.09. The Morgan fingerprint density at radius 1 is 0.857 bits per heavy atom. The summed E-state index contributed by atoms with van der Waals surface area (Å²) >= 11 is 0. The van der Waals surface area contributed by atoms with E-state index in [9.17, 15) is 0 Å². The van der Waals surface area contributed by atoms with Gasteiger partial charge >= 0.3 is 0 Å².